The molecule has 7 nitrogen and oxygen atoms in total. The molecule has 2 N–H and O–H groups in total. The molecule has 0 spiro atoms. The second-order valence-corrected chi connectivity index (χ2v) is 8.10. The minimum absolute atomic E-state index is 0.157. The Kier molecular flexibility index (Phi) is 6.05. The zero-order valence-electron chi connectivity index (χ0n) is 18.3. The number of H-pyrrole nitrogens is 1. The largest absolute Gasteiger partial charge is 0.348 e. The van der Waals surface area contributed by atoms with E-state index < -0.39 is 0 Å². The molecule has 0 unspecified atom stereocenters. The zero-order chi connectivity index (χ0) is 22.8. The van der Waals surface area contributed by atoms with Crippen LogP contribution in [-0.4, -0.2) is 25.2 Å². The van der Waals surface area contributed by atoms with Gasteiger partial charge in [0.05, 0.1) is 23.1 Å². The van der Waals surface area contributed by atoms with Crippen molar-refractivity contribution in [3.63, 3.8) is 0 Å². The molecule has 0 saturated carbocycles. The maximum atomic E-state index is 12.8. The van der Waals surface area contributed by atoms with Gasteiger partial charge in [-0.2, -0.15) is 5.10 Å². The molecule has 4 aromatic rings. The summed E-state index contributed by atoms with van der Waals surface area (Å²) < 4.78 is 3.80. The lowest BCUT2D eigenvalue weighted by Gasteiger charge is -2.09. The Labute approximate surface area is 190 Å². The van der Waals surface area contributed by atoms with Gasteiger partial charge in [-0.15, -0.1) is 0 Å². The number of carbonyl (C=O) groups is 1. The van der Waals surface area contributed by atoms with Gasteiger partial charge in [0, 0.05) is 29.9 Å². The highest BCUT2D eigenvalue weighted by Gasteiger charge is 2.14. The molecule has 32 heavy (non-hydrogen) atoms. The van der Waals surface area contributed by atoms with Crippen molar-refractivity contribution in [1.82, 2.24) is 24.6 Å². The van der Waals surface area contributed by atoms with E-state index in [1.54, 1.807) is 18.2 Å². The van der Waals surface area contributed by atoms with Crippen LogP contribution < -0.4 is 10.9 Å². The fourth-order valence-corrected chi connectivity index (χ4v) is 4.18. The molecular formula is C24H25N5O2S. The molecule has 0 aliphatic carbocycles. The van der Waals surface area contributed by atoms with Crippen LogP contribution in [0.4, 0.5) is 0 Å². The lowest BCUT2D eigenvalue weighted by atomic mass is 10.1. The highest BCUT2D eigenvalue weighted by atomic mass is 32.1. The first-order chi connectivity index (χ1) is 15.4. The first-order valence-electron chi connectivity index (χ1n) is 10.5. The van der Waals surface area contributed by atoms with Gasteiger partial charge in [0.25, 0.3) is 11.5 Å². The fourth-order valence-electron chi connectivity index (χ4n) is 3.85. The number of hydrogen-bond donors (Lipinski definition) is 2. The Hall–Kier alpha value is -3.52. The SMILES string of the molecule is CCn1c(=S)[nH]c2cc(C(=O)NCc3c(C)nn(Cc4ccccc4)c3C)ccc2c1=O. The summed E-state index contributed by atoms with van der Waals surface area (Å²) in [6.07, 6.45) is 0. The van der Waals surface area contributed by atoms with E-state index >= 15 is 0 Å². The van der Waals surface area contributed by atoms with Crippen LogP contribution in [-0.2, 0) is 19.6 Å². The van der Waals surface area contributed by atoms with Crippen molar-refractivity contribution >= 4 is 29.0 Å². The monoisotopic (exact) mass is 447 g/mol. The maximum absolute atomic E-state index is 12.8. The van der Waals surface area contributed by atoms with Crippen molar-refractivity contribution in [3.8, 4) is 0 Å². The summed E-state index contributed by atoms with van der Waals surface area (Å²) in [5.41, 5.74) is 4.94. The summed E-state index contributed by atoms with van der Waals surface area (Å²) in [4.78, 5) is 28.4. The number of nitrogens with zero attached hydrogens (tertiary/aromatic N) is 3. The number of amides is 1. The van der Waals surface area contributed by atoms with Crippen molar-refractivity contribution in [2.75, 3.05) is 0 Å². The molecule has 0 saturated heterocycles. The molecular weight excluding hydrogens is 422 g/mol. The number of benzene rings is 2. The Morgan fingerprint density at radius 2 is 1.91 bits per heavy atom. The molecule has 0 atom stereocenters. The summed E-state index contributed by atoms with van der Waals surface area (Å²) in [6.45, 7) is 7.37. The third-order valence-corrected chi connectivity index (χ3v) is 6.01. The zero-order valence-corrected chi connectivity index (χ0v) is 19.1. The van der Waals surface area contributed by atoms with Gasteiger partial charge in [-0.25, -0.2) is 0 Å². The van der Waals surface area contributed by atoms with Crippen LogP contribution in [0.5, 0.6) is 0 Å². The Bertz CT molecular complexity index is 1420. The van der Waals surface area contributed by atoms with E-state index in [-0.39, 0.29) is 11.5 Å². The van der Waals surface area contributed by atoms with Crippen LogP contribution in [0, 0.1) is 18.6 Å². The summed E-state index contributed by atoms with van der Waals surface area (Å²) in [5, 5.41) is 8.13. The van der Waals surface area contributed by atoms with Crippen LogP contribution in [0.2, 0.25) is 0 Å². The number of rotatable bonds is 6. The van der Waals surface area contributed by atoms with Gasteiger partial charge in [0.1, 0.15) is 0 Å². The normalized spacial score (nSPS) is 11.1. The van der Waals surface area contributed by atoms with Crippen molar-refractivity contribution in [1.29, 1.82) is 0 Å². The van der Waals surface area contributed by atoms with Crippen molar-refractivity contribution in [3.05, 3.63) is 91.7 Å². The van der Waals surface area contributed by atoms with E-state index in [0.717, 1.165) is 17.0 Å². The Balaban J connectivity index is 1.53. The van der Waals surface area contributed by atoms with Crippen molar-refractivity contribution in [2.45, 2.75) is 40.4 Å². The fraction of sp³-hybridized carbons (Fsp3) is 0.250. The van der Waals surface area contributed by atoms with E-state index in [4.69, 9.17) is 12.2 Å². The van der Waals surface area contributed by atoms with Crippen molar-refractivity contribution in [2.24, 2.45) is 0 Å². The lowest BCUT2D eigenvalue weighted by molar-refractivity contribution is 0.0951. The molecule has 1 amide bonds. The lowest BCUT2D eigenvalue weighted by Crippen LogP contribution is -2.24. The number of aromatic amines is 1. The number of aromatic nitrogens is 4. The molecule has 164 valence electrons. The van der Waals surface area contributed by atoms with Gasteiger partial charge in [0.2, 0.25) is 0 Å². The van der Waals surface area contributed by atoms with Crippen LogP contribution in [0.15, 0.2) is 53.3 Å². The molecule has 0 aliphatic heterocycles. The second-order valence-electron chi connectivity index (χ2n) is 7.72. The average Bonchev–Trinajstić information content (AvgIpc) is 3.05. The van der Waals surface area contributed by atoms with Gasteiger partial charge < -0.3 is 10.3 Å². The Morgan fingerprint density at radius 1 is 1.16 bits per heavy atom. The minimum atomic E-state index is -0.222. The summed E-state index contributed by atoms with van der Waals surface area (Å²) in [5.74, 6) is -0.222. The van der Waals surface area contributed by atoms with Gasteiger partial charge in [-0.3, -0.25) is 18.8 Å². The Morgan fingerprint density at radius 3 is 2.62 bits per heavy atom. The van der Waals surface area contributed by atoms with E-state index in [2.05, 4.69) is 27.5 Å². The number of hydrogen-bond acceptors (Lipinski definition) is 4. The number of carbonyl (C=O) groups excluding carboxylic acids is 1. The van der Waals surface area contributed by atoms with Crippen LogP contribution >= 0.6 is 12.2 Å². The standard InChI is InChI=1S/C24H25N5O2S/c1-4-28-23(31)19-11-10-18(12-21(19)26-24(28)32)22(30)25-13-20-15(2)27-29(16(20)3)14-17-8-6-5-7-9-17/h5-12H,4,13-14H2,1-3H3,(H,25,30)(H,26,32). The predicted molar refractivity (Wildman–Crippen MR) is 127 cm³/mol. The molecule has 0 fully saturated rings. The number of fused-ring (bicyclic) bond motifs is 1. The molecule has 8 heteroatoms. The predicted octanol–water partition coefficient (Wildman–Crippen LogP) is 3.87. The molecule has 2 aromatic carbocycles. The smallest absolute Gasteiger partial charge is 0.262 e. The van der Waals surface area contributed by atoms with E-state index in [0.29, 0.717) is 40.9 Å². The molecule has 0 bridgehead atoms. The van der Waals surface area contributed by atoms with Crippen LogP contribution in [0.25, 0.3) is 10.9 Å². The van der Waals surface area contributed by atoms with Gasteiger partial charge in [-0.1, -0.05) is 30.3 Å². The number of aryl methyl sites for hydroxylation is 1. The molecule has 0 aliphatic rings. The molecule has 2 heterocycles. The third kappa shape index (κ3) is 4.13. The summed E-state index contributed by atoms with van der Waals surface area (Å²) >= 11 is 5.27. The maximum Gasteiger partial charge on any atom is 0.262 e. The molecule has 2 aromatic heterocycles. The second kappa shape index (κ2) is 8.92. The van der Waals surface area contributed by atoms with Gasteiger partial charge >= 0.3 is 0 Å². The molecule has 0 radical (unpaired) electrons. The van der Waals surface area contributed by atoms with Gasteiger partial charge in [0.15, 0.2) is 4.77 Å². The highest BCUT2D eigenvalue weighted by Crippen LogP contribution is 2.16. The topological polar surface area (TPSA) is 84.7 Å². The van der Waals surface area contributed by atoms with E-state index in [1.165, 1.54) is 10.1 Å². The average molecular weight is 448 g/mol. The minimum Gasteiger partial charge on any atom is -0.348 e. The summed E-state index contributed by atoms with van der Waals surface area (Å²) in [7, 11) is 0. The van der Waals surface area contributed by atoms with E-state index in [1.807, 2.05) is 43.7 Å². The third-order valence-electron chi connectivity index (χ3n) is 5.69. The quantitative estimate of drug-likeness (QED) is 0.440. The van der Waals surface area contributed by atoms with Crippen molar-refractivity contribution < 1.29 is 4.79 Å². The molecule has 4 rings (SSSR count). The van der Waals surface area contributed by atoms with E-state index in [9.17, 15) is 9.59 Å². The summed E-state index contributed by atoms with van der Waals surface area (Å²) in [6, 6.07) is 15.1. The number of nitrogens with one attached hydrogen (secondary N) is 2. The highest BCUT2D eigenvalue weighted by molar-refractivity contribution is 7.71. The van der Waals surface area contributed by atoms with Crippen LogP contribution in [0.3, 0.4) is 0 Å². The first-order valence-corrected chi connectivity index (χ1v) is 10.9. The van der Waals surface area contributed by atoms with Crippen LogP contribution in [0.1, 0.15) is 39.8 Å². The first kappa shape index (κ1) is 21.7. The van der Waals surface area contributed by atoms with Gasteiger partial charge in [-0.05, 0) is 56.8 Å².